The molecule has 0 rings (SSSR count). The molecule has 0 heterocycles. The predicted octanol–water partition coefficient (Wildman–Crippen LogP) is 0.832. The van der Waals surface area contributed by atoms with Crippen LogP contribution in [-0.2, 0) is 10.0 Å². The van der Waals surface area contributed by atoms with Crippen LogP contribution in [0, 0.1) is 0 Å². The molecule has 0 aromatic heterocycles. The van der Waals surface area contributed by atoms with Gasteiger partial charge in [0, 0.05) is 12.1 Å². The first-order valence-electron chi connectivity index (χ1n) is 4.98. The van der Waals surface area contributed by atoms with Crippen LogP contribution in [0.4, 0.5) is 0 Å². The number of nitrogens with two attached hydrogens (primary N) is 1. The highest BCUT2D eigenvalue weighted by Gasteiger charge is 2.27. The van der Waals surface area contributed by atoms with Crippen molar-refractivity contribution in [1.29, 1.82) is 0 Å². The first kappa shape index (κ1) is 13.9. The van der Waals surface area contributed by atoms with Gasteiger partial charge in [0.1, 0.15) is 0 Å². The minimum absolute atomic E-state index is 0.150. The molecule has 0 fully saturated rings. The zero-order chi connectivity index (χ0) is 11.4. The minimum Gasteiger partial charge on any atom is -0.329 e. The Bertz CT molecular complexity index is 260. The summed E-state index contributed by atoms with van der Waals surface area (Å²) in [4.78, 5) is 0. The van der Waals surface area contributed by atoms with Gasteiger partial charge in [-0.05, 0) is 27.2 Å². The van der Waals surface area contributed by atoms with Crippen molar-refractivity contribution in [2.24, 2.45) is 5.73 Å². The van der Waals surface area contributed by atoms with Gasteiger partial charge in [0.05, 0.1) is 5.25 Å². The molecular weight excluding hydrogens is 200 g/mol. The van der Waals surface area contributed by atoms with E-state index in [1.54, 1.807) is 6.92 Å². The van der Waals surface area contributed by atoms with Crippen molar-refractivity contribution in [3.05, 3.63) is 0 Å². The van der Waals surface area contributed by atoms with E-state index < -0.39 is 15.3 Å². The van der Waals surface area contributed by atoms with Gasteiger partial charge in [-0.15, -0.1) is 0 Å². The summed E-state index contributed by atoms with van der Waals surface area (Å²) in [6.45, 7) is 7.57. The second kappa shape index (κ2) is 5.09. The first-order valence-corrected chi connectivity index (χ1v) is 6.52. The average Bonchev–Trinajstić information content (AvgIpc) is 2.00. The summed E-state index contributed by atoms with van der Waals surface area (Å²) in [5, 5.41) is -0.529. The summed E-state index contributed by atoms with van der Waals surface area (Å²) < 4.78 is 26.0. The van der Waals surface area contributed by atoms with Crippen LogP contribution < -0.4 is 10.5 Å². The van der Waals surface area contributed by atoms with Crippen molar-refractivity contribution in [2.45, 2.75) is 51.3 Å². The van der Waals surface area contributed by atoms with Crippen LogP contribution in [0.2, 0.25) is 0 Å². The lowest BCUT2D eigenvalue weighted by atomic mass is 10.0. The predicted molar refractivity (Wildman–Crippen MR) is 59.6 cm³/mol. The fraction of sp³-hybridized carbons (Fsp3) is 1.00. The lowest BCUT2D eigenvalue weighted by Gasteiger charge is -2.27. The third kappa shape index (κ3) is 4.39. The van der Waals surface area contributed by atoms with E-state index in [1.807, 2.05) is 20.8 Å². The molecule has 1 atom stereocenters. The quantitative estimate of drug-likeness (QED) is 0.699. The van der Waals surface area contributed by atoms with E-state index in [9.17, 15) is 8.42 Å². The summed E-state index contributed by atoms with van der Waals surface area (Å²) in [6.07, 6.45) is 1.77. The van der Waals surface area contributed by atoms with Crippen molar-refractivity contribution in [3.8, 4) is 0 Å². The van der Waals surface area contributed by atoms with Crippen LogP contribution in [0.15, 0.2) is 0 Å². The molecule has 0 aliphatic heterocycles. The number of rotatable bonds is 6. The fourth-order valence-electron chi connectivity index (χ4n) is 1.29. The molecule has 14 heavy (non-hydrogen) atoms. The van der Waals surface area contributed by atoms with E-state index in [-0.39, 0.29) is 12.1 Å². The van der Waals surface area contributed by atoms with Crippen molar-refractivity contribution >= 4 is 10.0 Å². The van der Waals surface area contributed by atoms with Crippen molar-refractivity contribution < 1.29 is 8.42 Å². The first-order chi connectivity index (χ1) is 6.25. The smallest absolute Gasteiger partial charge is 0.215 e. The highest BCUT2D eigenvalue weighted by atomic mass is 32.2. The third-order valence-corrected chi connectivity index (χ3v) is 4.24. The Balaban J connectivity index is 4.50. The fourth-order valence-corrected chi connectivity index (χ4v) is 2.62. The van der Waals surface area contributed by atoms with Gasteiger partial charge in [0.25, 0.3) is 0 Å². The van der Waals surface area contributed by atoms with Crippen molar-refractivity contribution in [3.63, 3.8) is 0 Å². The van der Waals surface area contributed by atoms with Gasteiger partial charge in [0.15, 0.2) is 0 Å². The van der Waals surface area contributed by atoms with E-state index in [1.165, 1.54) is 0 Å². The van der Waals surface area contributed by atoms with Crippen LogP contribution in [-0.4, -0.2) is 25.8 Å². The molecule has 0 amide bonds. The maximum absolute atomic E-state index is 11.7. The zero-order valence-corrected chi connectivity index (χ0v) is 10.3. The number of hydrogen-bond donors (Lipinski definition) is 2. The van der Waals surface area contributed by atoms with Gasteiger partial charge < -0.3 is 5.73 Å². The highest BCUT2D eigenvalue weighted by Crippen LogP contribution is 2.13. The average molecular weight is 222 g/mol. The molecule has 4 nitrogen and oxygen atoms in total. The molecule has 0 saturated carbocycles. The van der Waals surface area contributed by atoms with Crippen LogP contribution in [0.5, 0.6) is 0 Å². The Hall–Kier alpha value is -0.130. The molecule has 3 N–H and O–H groups in total. The second-order valence-electron chi connectivity index (χ2n) is 4.33. The van der Waals surface area contributed by atoms with E-state index in [2.05, 4.69) is 4.72 Å². The summed E-state index contributed by atoms with van der Waals surface area (Å²) in [5.74, 6) is 0. The van der Waals surface area contributed by atoms with Gasteiger partial charge in [-0.1, -0.05) is 13.3 Å². The standard InChI is InChI=1S/C9H22N2O2S/c1-5-6-9(3,4)11-14(12,13)8(2)7-10/h8,11H,5-7,10H2,1-4H3. The molecule has 5 heteroatoms. The molecule has 0 spiro atoms. The summed E-state index contributed by atoms with van der Waals surface area (Å²) in [5.41, 5.74) is 4.95. The lowest BCUT2D eigenvalue weighted by Crippen LogP contribution is -2.48. The number of sulfonamides is 1. The molecule has 0 radical (unpaired) electrons. The maximum Gasteiger partial charge on any atom is 0.215 e. The molecule has 0 saturated heterocycles. The molecule has 1 unspecified atom stereocenters. The van der Waals surface area contributed by atoms with Crippen LogP contribution in [0.1, 0.15) is 40.5 Å². The zero-order valence-electron chi connectivity index (χ0n) is 9.50. The number of hydrogen-bond acceptors (Lipinski definition) is 3. The van der Waals surface area contributed by atoms with Crippen LogP contribution >= 0.6 is 0 Å². The Morgan fingerprint density at radius 3 is 2.29 bits per heavy atom. The van der Waals surface area contributed by atoms with Gasteiger partial charge in [0.2, 0.25) is 10.0 Å². The summed E-state index contributed by atoms with van der Waals surface area (Å²) in [7, 11) is -3.27. The molecule has 86 valence electrons. The highest BCUT2D eigenvalue weighted by molar-refractivity contribution is 7.90. The molecule has 0 aromatic carbocycles. The summed E-state index contributed by atoms with van der Waals surface area (Å²) >= 11 is 0. The van der Waals surface area contributed by atoms with Crippen LogP contribution in [0.3, 0.4) is 0 Å². The Morgan fingerprint density at radius 2 is 1.93 bits per heavy atom. The Kier molecular flexibility index (Phi) is 5.05. The van der Waals surface area contributed by atoms with Gasteiger partial charge in [-0.3, -0.25) is 0 Å². The molecule has 0 aliphatic carbocycles. The normalized spacial score (nSPS) is 15.5. The molecule has 0 aliphatic rings. The van der Waals surface area contributed by atoms with Gasteiger partial charge >= 0.3 is 0 Å². The SMILES string of the molecule is CCCC(C)(C)NS(=O)(=O)C(C)CN. The minimum atomic E-state index is -3.27. The molecule has 0 aromatic rings. The van der Waals surface area contributed by atoms with Crippen LogP contribution in [0.25, 0.3) is 0 Å². The summed E-state index contributed by atoms with van der Waals surface area (Å²) in [6, 6.07) is 0. The third-order valence-electron chi connectivity index (χ3n) is 2.16. The Labute approximate surface area is 87.3 Å². The molecular formula is C9H22N2O2S. The lowest BCUT2D eigenvalue weighted by molar-refractivity contribution is 0.415. The largest absolute Gasteiger partial charge is 0.329 e. The van der Waals surface area contributed by atoms with E-state index in [0.29, 0.717) is 0 Å². The van der Waals surface area contributed by atoms with Gasteiger partial charge in [-0.2, -0.15) is 0 Å². The van der Waals surface area contributed by atoms with E-state index >= 15 is 0 Å². The number of nitrogens with one attached hydrogen (secondary N) is 1. The van der Waals surface area contributed by atoms with Gasteiger partial charge in [-0.25, -0.2) is 13.1 Å². The second-order valence-corrected chi connectivity index (χ2v) is 6.43. The maximum atomic E-state index is 11.7. The topological polar surface area (TPSA) is 72.2 Å². The van der Waals surface area contributed by atoms with Crippen molar-refractivity contribution in [2.75, 3.05) is 6.54 Å². The molecule has 0 bridgehead atoms. The van der Waals surface area contributed by atoms with E-state index in [0.717, 1.165) is 12.8 Å². The monoisotopic (exact) mass is 222 g/mol. The van der Waals surface area contributed by atoms with Crippen molar-refractivity contribution in [1.82, 2.24) is 4.72 Å². The Morgan fingerprint density at radius 1 is 1.43 bits per heavy atom. The van der Waals surface area contributed by atoms with E-state index in [4.69, 9.17) is 5.73 Å².